The molecule has 0 saturated heterocycles. The highest BCUT2D eigenvalue weighted by Crippen LogP contribution is 2.09. The van der Waals surface area contributed by atoms with Crippen LogP contribution in [0.1, 0.15) is 35.1 Å². The summed E-state index contributed by atoms with van der Waals surface area (Å²) >= 11 is 0. The largest absolute Gasteiger partial charge is 0.330 e. The van der Waals surface area contributed by atoms with Crippen LogP contribution in [-0.4, -0.2) is 13.1 Å². The second-order valence-corrected chi connectivity index (χ2v) is 5.64. The highest BCUT2D eigenvalue weighted by molar-refractivity contribution is 5.26. The predicted molar refractivity (Wildman–Crippen MR) is 97.1 cm³/mol. The second-order valence-electron chi connectivity index (χ2n) is 5.64. The highest BCUT2D eigenvalue weighted by Gasteiger charge is 1.95. The lowest BCUT2D eigenvalue weighted by Crippen LogP contribution is -2.01. The molecule has 0 unspecified atom stereocenters. The van der Waals surface area contributed by atoms with Gasteiger partial charge in [0.15, 0.2) is 0 Å². The van der Waals surface area contributed by atoms with E-state index in [1.165, 1.54) is 22.3 Å². The molecule has 0 bridgehead atoms. The van der Waals surface area contributed by atoms with Crippen LogP contribution in [0.15, 0.2) is 48.5 Å². The molecule has 2 heteroatoms. The van der Waals surface area contributed by atoms with E-state index in [1.54, 1.807) is 0 Å². The zero-order chi connectivity index (χ0) is 16.2. The van der Waals surface area contributed by atoms with Crippen molar-refractivity contribution in [3.63, 3.8) is 0 Å². The lowest BCUT2D eigenvalue weighted by atomic mass is 10.0. The Balaban J connectivity index is 0.000000220. The van der Waals surface area contributed by atoms with Crippen molar-refractivity contribution in [2.75, 3.05) is 13.1 Å². The highest BCUT2D eigenvalue weighted by atomic mass is 14.5. The van der Waals surface area contributed by atoms with Crippen LogP contribution in [0.4, 0.5) is 0 Å². The van der Waals surface area contributed by atoms with Gasteiger partial charge in [0.25, 0.3) is 0 Å². The standard InChI is InChI=1S/2C10H15N/c2*1-9-5-2-3-6-10(9)7-4-8-11/h2*2-3,5-6H,4,7-8,11H2,1H3. The van der Waals surface area contributed by atoms with E-state index in [1.807, 2.05) is 0 Å². The number of hydrogen-bond acceptors (Lipinski definition) is 2. The fourth-order valence-corrected chi connectivity index (χ4v) is 2.37. The average molecular weight is 298 g/mol. The van der Waals surface area contributed by atoms with Gasteiger partial charge in [-0.15, -0.1) is 0 Å². The molecule has 22 heavy (non-hydrogen) atoms. The summed E-state index contributed by atoms with van der Waals surface area (Å²) in [7, 11) is 0. The van der Waals surface area contributed by atoms with Gasteiger partial charge < -0.3 is 11.5 Å². The normalized spacial score (nSPS) is 10.0. The number of nitrogens with two attached hydrogens (primary N) is 2. The van der Waals surface area contributed by atoms with E-state index in [9.17, 15) is 0 Å². The summed E-state index contributed by atoms with van der Waals surface area (Å²) in [5.41, 5.74) is 16.5. The van der Waals surface area contributed by atoms with Gasteiger partial charge in [0.1, 0.15) is 0 Å². The van der Waals surface area contributed by atoms with Crippen LogP contribution >= 0.6 is 0 Å². The summed E-state index contributed by atoms with van der Waals surface area (Å²) in [6, 6.07) is 16.9. The van der Waals surface area contributed by atoms with Gasteiger partial charge in [-0.3, -0.25) is 0 Å². The Hall–Kier alpha value is -1.64. The Morgan fingerprint density at radius 3 is 1.32 bits per heavy atom. The number of benzene rings is 2. The Bertz CT molecular complexity index is 485. The van der Waals surface area contributed by atoms with Crippen molar-refractivity contribution in [3.8, 4) is 0 Å². The van der Waals surface area contributed by atoms with Gasteiger partial charge >= 0.3 is 0 Å². The van der Waals surface area contributed by atoms with Gasteiger partial charge in [-0.1, -0.05) is 48.5 Å². The summed E-state index contributed by atoms with van der Waals surface area (Å²) in [6.45, 7) is 5.86. The quantitative estimate of drug-likeness (QED) is 0.853. The van der Waals surface area contributed by atoms with E-state index in [4.69, 9.17) is 11.5 Å². The van der Waals surface area contributed by atoms with Crippen LogP contribution in [0.3, 0.4) is 0 Å². The van der Waals surface area contributed by atoms with Crippen LogP contribution in [0, 0.1) is 13.8 Å². The van der Waals surface area contributed by atoms with E-state index < -0.39 is 0 Å². The van der Waals surface area contributed by atoms with Crippen molar-refractivity contribution < 1.29 is 0 Å². The molecule has 0 aliphatic heterocycles. The first-order valence-electron chi connectivity index (χ1n) is 8.18. The van der Waals surface area contributed by atoms with Crippen LogP contribution in [0.25, 0.3) is 0 Å². The van der Waals surface area contributed by atoms with E-state index >= 15 is 0 Å². The molecule has 0 saturated carbocycles. The monoisotopic (exact) mass is 298 g/mol. The van der Waals surface area contributed by atoms with Gasteiger partial charge in [-0.05, 0) is 74.9 Å². The minimum Gasteiger partial charge on any atom is -0.330 e. The van der Waals surface area contributed by atoms with Gasteiger partial charge in [0.05, 0.1) is 0 Å². The van der Waals surface area contributed by atoms with Crippen molar-refractivity contribution in [3.05, 3.63) is 70.8 Å². The first kappa shape index (κ1) is 18.4. The summed E-state index contributed by atoms with van der Waals surface area (Å²) in [6.07, 6.45) is 4.40. The predicted octanol–water partition coefficient (Wildman–Crippen LogP) is 3.77. The molecule has 0 aliphatic rings. The van der Waals surface area contributed by atoms with Gasteiger partial charge in [0, 0.05) is 0 Å². The molecule has 0 atom stereocenters. The molecular formula is C20H30N2. The molecule has 0 spiro atoms. The molecule has 0 heterocycles. The molecule has 0 amide bonds. The minimum atomic E-state index is 0.786. The third kappa shape index (κ3) is 6.88. The van der Waals surface area contributed by atoms with Gasteiger partial charge in [-0.2, -0.15) is 0 Å². The molecule has 2 aromatic carbocycles. The van der Waals surface area contributed by atoms with Crippen molar-refractivity contribution in [2.24, 2.45) is 11.5 Å². The summed E-state index contributed by atoms with van der Waals surface area (Å²) < 4.78 is 0. The Morgan fingerprint density at radius 2 is 1.00 bits per heavy atom. The van der Waals surface area contributed by atoms with Crippen molar-refractivity contribution in [1.82, 2.24) is 0 Å². The van der Waals surface area contributed by atoms with Crippen LogP contribution < -0.4 is 11.5 Å². The summed E-state index contributed by atoms with van der Waals surface area (Å²) in [5, 5.41) is 0. The molecule has 0 fully saturated rings. The van der Waals surface area contributed by atoms with Gasteiger partial charge in [-0.25, -0.2) is 0 Å². The third-order valence-electron chi connectivity index (χ3n) is 3.82. The maximum absolute atomic E-state index is 5.43. The molecular weight excluding hydrogens is 268 g/mol. The van der Waals surface area contributed by atoms with E-state index in [-0.39, 0.29) is 0 Å². The van der Waals surface area contributed by atoms with Crippen molar-refractivity contribution in [2.45, 2.75) is 39.5 Å². The number of rotatable bonds is 6. The summed E-state index contributed by atoms with van der Waals surface area (Å²) in [4.78, 5) is 0. The first-order chi connectivity index (χ1) is 10.7. The lowest BCUT2D eigenvalue weighted by molar-refractivity contribution is 0.828. The molecule has 0 aromatic heterocycles. The van der Waals surface area contributed by atoms with E-state index in [2.05, 4.69) is 62.4 Å². The average Bonchev–Trinajstić information content (AvgIpc) is 2.54. The molecule has 0 radical (unpaired) electrons. The topological polar surface area (TPSA) is 52.0 Å². The number of aryl methyl sites for hydroxylation is 4. The maximum atomic E-state index is 5.43. The molecule has 0 aliphatic carbocycles. The second kappa shape index (κ2) is 11.0. The molecule has 2 aromatic rings. The SMILES string of the molecule is Cc1ccccc1CCCN.Cc1ccccc1CCCN. The fourth-order valence-electron chi connectivity index (χ4n) is 2.37. The molecule has 2 rings (SSSR count). The Kier molecular flexibility index (Phi) is 9.20. The maximum Gasteiger partial charge on any atom is -0.00741 e. The number of hydrogen-bond donors (Lipinski definition) is 2. The van der Waals surface area contributed by atoms with E-state index in [0.29, 0.717) is 0 Å². The fraction of sp³-hybridized carbons (Fsp3) is 0.400. The lowest BCUT2D eigenvalue weighted by Gasteiger charge is -2.02. The Labute approximate surface area is 135 Å². The van der Waals surface area contributed by atoms with Crippen LogP contribution in [0.2, 0.25) is 0 Å². The smallest absolute Gasteiger partial charge is 0.00741 e. The molecule has 4 N–H and O–H groups in total. The zero-order valence-electron chi connectivity index (χ0n) is 14.0. The molecule has 2 nitrogen and oxygen atoms in total. The van der Waals surface area contributed by atoms with Crippen LogP contribution in [0.5, 0.6) is 0 Å². The molecule has 120 valence electrons. The minimum absolute atomic E-state index is 0.786. The zero-order valence-corrected chi connectivity index (χ0v) is 14.0. The van der Waals surface area contributed by atoms with Crippen molar-refractivity contribution in [1.29, 1.82) is 0 Å². The van der Waals surface area contributed by atoms with E-state index in [0.717, 1.165) is 38.8 Å². The van der Waals surface area contributed by atoms with Crippen molar-refractivity contribution >= 4 is 0 Å². The van der Waals surface area contributed by atoms with Crippen LogP contribution in [-0.2, 0) is 12.8 Å². The Morgan fingerprint density at radius 1 is 0.636 bits per heavy atom. The summed E-state index contributed by atoms with van der Waals surface area (Å²) in [5.74, 6) is 0. The third-order valence-corrected chi connectivity index (χ3v) is 3.82. The first-order valence-corrected chi connectivity index (χ1v) is 8.18. The van der Waals surface area contributed by atoms with Gasteiger partial charge in [0.2, 0.25) is 0 Å².